The molecular weight excluding hydrogens is 324 g/mol. The number of thioether (sulfide) groups is 1. The van der Waals surface area contributed by atoms with Crippen LogP contribution in [-0.2, 0) is 9.47 Å². The number of benzene rings is 1. The van der Waals surface area contributed by atoms with Gasteiger partial charge in [-0.15, -0.1) is 15.9 Å². The summed E-state index contributed by atoms with van der Waals surface area (Å²) in [4.78, 5) is 1.12. The van der Waals surface area contributed by atoms with E-state index in [0.717, 1.165) is 14.9 Å². The summed E-state index contributed by atoms with van der Waals surface area (Å²) >= 11 is 5.13. The number of hydrogen-bond donors (Lipinski definition) is 0. The Morgan fingerprint density at radius 1 is 1.31 bits per heavy atom. The zero-order valence-electron chi connectivity index (χ0n) is 9.42. The van der Waals surface area contributed by atoms with Crippen LogP contribution in [0, 0.1) is 6.07 Å². The van der Waals surface area contributed by atoms with Gasteiger partial charge in [-0.05, 0) is 6.26 Å². The monoisotopic (exact) mass is 334 g/mol. The van der Waals surface area contributed by atoms with E-state index in [9.17, 15) is 0 Å². The van der Waals surface area contributed by atoms with Gasteiger partial charge in [0.15, 0.2) is 0 Å². The van der Waals surface area contributed by atoms with Crippen LogP contribution in [-0.4, -0.2) is 43.5 Å². The first kappa shape index (κ1) is 19.4. The van der Waals surface area contributed by atoms with Crippen molar-refractivity contribution in [2.45, 2.75) is 11.2 Å². The normalized spacial score (nSPS) is 9.56. The van der Waals surface area contributed by atoms with Gasteiger partial charge in [0.05, 0.1) is 0 Å². The smallest absolute Gasteiger partial charge is 1.00 e. The van der Waals surface area contributed by atoms with E-state index in [1.54, 1.807) is 26.0 Å². The molecule has 0 amide bonds. The Bertz CT molecular complexity index is 311. The summed E-state index contributed by atoms with van der Waals surface area (Å²) in [6.45, 7) is 0. The molecule has 0 saturated carbocycles. The maximum atomic E-state index is 5.21. The zero-order valence-corrected chi connectivity index (χ0v) is 14.0. The van der Waals surface area contributed by atoms with Gasteiger partial charge in [0.25, 0.3) is 0 Å². The standard InChI is InChI=1S/C10H12BrO2S.ClH.Mg/c1-12-10(13-2)7-5-4-6-8(11)9(7)14-3;;/h5-6,10H,1-3H3;1H;/q-1;;+2/p-1. The van der Waals surface area contributed by atoms with E-state index < -0.39 is 0 Å². The topological polar surface area (TPSA) is 18.5 Å². The van der Waals surface area contributed by atoms with Crippen LogP contribution >= 0.6 is 27.7 Å². The van der Waals surface area contributed by atoms with Gasteiger partial charge >= 0.3 is 23.1 Å². The second-order valence-electron chi connectivity index (χ2n) is 2.60. The summed E-state index contributed by atoms with van der Waals surface area (Å²) in [5, 5.41) is 0. The number of halogens is 2. The fraction of sp³-hybridized carbons (Fsp3) is 0.400. The van der Waals surface area contributed by atoms with Crippen molar-refractivity contribution < 1.29 is 21.9 Å². The third-order valence-electron chi connectivity index (χ3n) is 1.81. The van der Waals surface area contributed by atoms with Crippen molar-refractivity contribution in [2.75, 3.05) is 20.5 Å². The van der Waals surface area contributed by atoms with Gasteiger partial charge in [-0.3, -0.25) is 0 Å². The molecule has 0 radical (unpaired) electrons. The van der Waals surface area contributed by atoms with Crippen LogP contribution in [0.4, 0.5) is 0 Å². The first-order valence-electron chi connectivity index (χ1n) is 4.03. The Kier molecular flexibility index (Phi) is 12.1. The van der Waals surface area contributed by atoms with Crippen LogP contribution in [0.2, 0.25) is 0 Å². The minimum absolute atomic E-state index is 0. The van der Waals surface area contributed by atoms with Gasteiger partial charge in [-0.2, -0.15) is 30.0 Å². The van der Waals surface area contributed by atoms with Crippen molar-refractivity contribution in [1.29, 1.82) is 0 Å². The molecule has 0 aliphatic carbocycles. The van der Waals surface area contributed by atoms with E-state index in [1.807, 2.05) is 18.4 Å². The van der Waals surface area contributed by atoms with Crippen LogP contribution in [0.15, 0.2) is 21.5 Å². The molecule has 0 bridgehead atoms. The summed E-state index contributed by atoms with van der Waals surface area (Å²) < 4.78 is 11.4. The van der Waals surface area contributed by atoms with Gasteiger partial charge < -0.3 is 21.9 Å². The first-order valence-corrected chi connectivity index (χ1v) is 6.05. The maximum absolute atomic E-state index is 5.21. The Balaban J connectivity index is 0. The molecule has 1 rings (SSSR count). The third kappa shape index (κ3) is 4.72. The second-order valence-corrected chi connectivity index (χ2v) is 4.27. The van der Waals surface area contributed by atoms with Crippen LogP contribution in [0.5, 0.6) is 0 Å². The Morgan fingerprint density at radius 3 is 2.31 bits per heavy atom. The van der Waals surface area contributed by atoms with Gasteiger partial charge in [-0.1, -0.05) is 14.9 Å². The molecule has 0 saturated heterocycles. The van der Waals surface area contributed by atoms with Crippen LogP contribution in [0.3, 0.4) is 0 Å². The van der Waals surface area contributed by atoms with E-state index in [1.165, 1.54) is 0 Å². The number of hydrogen-bond acceptors (Lipinski definition) is 3. The molecule has 2 nitrogen and oxygen atoms in total. The molecule has 0 N–H and O–H groups in total. The predicted molar refractivity (Wildman–Crippen MR) is 67.3 cm³/mol. The zero-order chi connectivity index (χ0) is 10.6. The van der Waals surface area contributed by atoms with Crippen LogP contribution in [0.1, 0.15) is 11.9 Å². The number of ether oxygens (including phenoxy) is 2. The van der Waals surface area contributed by atoms with Crippen molar-refractivity contribution in [3.05, 3.63) is 28.2 Å². The molecular formula is C10H12BrClMgO2S. The molecule has 0 aliphatic rings. The average molecular weight is 336 g/mol. The molecule has 0 fully saturated rings. The molecule has 0 unspecified atom stereocenters. The molecule has 16 heavy (non-hydrogen) atoms. The van der Waals surface area contributed by atoms with E-state index in [4.69, 9.17) is 9.47 Å². The fourth-order valence-corrected chi connectivity index (χ4v) is 2.71. The fourth-order valence-electron chi connectivity index (χ4n) is 1.21. The second kappa shape index (κ2) is 10.00. The number of methoxy groups -OCH3 is 2. The van der Waals surface area contributed by atoms with Crippen molar-refractivity contribution in [2.24, 2.45) is 0 Å². The summed E-state index contributed by atoms with van der Waals surface area (Å²) in [6, 6.07) is 6.80. The molecule has 1 aromatic rings. The molecule has 6 heteroatoms. The van der Waals surface area contributed by atoms with Gasteiger partial charge in [-0.25, -0.2) is 0 Å². The minimum Gasteiger partial charge on any atom is -1.00 e. The molecule has 86 valence electrons. The summed E-state index contributed by atoms with van der Waals surface area (Å²) in [6.07, 6.45) is 1.69. The minimum atomic E-state index is -0.328. The van der Waals surface area contributed by atoms with Gasteiger partial charge in [0, 0.05) is 14.2 Å². The molecule has 0 aliphatic heterocycles. The largest absolute Gasteiger partial charge is 2.00 e. The van der Waals surface area contributed by atoms with Crippen molar-refractivity contribution in [1.82, 2.24) is 0 Å². The number of rotatable bonds is 4. The maximum Gasteiger partial charge on any atom is 2.00 e. The van der Waals surface area contributed by atoms with Crippen molar-refractivity contribution in [3.8, 4) is 0 Å². The van der Waals surface area contributed by atoms with E-state index in [2.05, 4.69) is 22.0 Å². The molecule has 0 aromatic heterocycles. The quantitative estimate of drug-likeness (QED) is 0.331. The molecule has 0 heterocycles. The molecule has 0 atom stereocenters. The summed E-state index contributed by atoms with van der Waals surface area (Å²) in [5.74, 6) is 0. The Labute approximate surface area is 132 Å². The van der Waals surface area contributed by atoms with E-state index in [-0.39, 0.29) is 41.7 Å². The molecule has 1 aromatic carbocycles. The Hall–Kier alpha value is 1.03. The van der Waals surface area contributed by atoms with Gasteiger partial charge in [0.1, 0.15) is 6.29 Å². The van der Waals surface area contributed by atoms with Crippen LogP contribution < -0.4 is 12.4 Å². The van der Waals surface area contributed by atoms with Crippen LogP contribution in [0.25, 0.3) is 0 Å². The average Bonchev–Trinajstić information content (AvgIpc) is 2.20. The summed E-state index contributed by atoms with van der Waals surface area (Å²) in [7, 11) is 3.25. The Morgan fingerprint density at radius 2 is 1.88 bits per heavy atom. The predicted octanol–water partition coefficient (Wildman–Crippen LogP) is -0.114. The molecule has 0 spiro atoms. The van der Waals surface area contributed by atoms with Crippen molar-refractivity contribution >= 4 is 50.7 Å². The van der Waals surface area contributed by atoms with Gasteiger partial charge in [0.2, 0.25) is 0 Å². The van der Waals surface area contributed by atoms with E-state index >= 15 is 0 Å². The van der Waals surface area contributed by atoms with E-state index in [0.29, 0.717) is 0 Å². The SMILES string of the molecule is COC(OC)c1c[c-]cc(Br)c1SC.[Cl-].[Mg+2]. The third-order valence-corrected chi connectivity index (χ3v) is 3.57. The first-order chi connectivity index (χ1) is 6.74. The van der Waals surface area contributed by atoms with Crippen molar-refractivity contribution in [3.63, 3.8) is 0 Å². The summed E-state index contributed by atoms with van der Waals surface area (Å²) in [5.41, 5.74) is 0.997.